The van der Waals surface area contributed by atoms with Gasteiger partial charge in [-0.2, -0.15) is 0 Å². The molecular formula is C15H25N3O4. The van der Waals surface area contributed by atoms with Gasteiger partial charge in [-0.3, -0.25) is 4.79 Å². The van der Waals surface area contributed by atoms with E-state index < -0.39 is 17.5 Å². The summed E-state index contributed by atoms with van der Waals surface area (Å²) < 4.78 is 0. The van der Waals surface area contributed by atoms with E-state index in [-0.39, 0.29) is 23.6 Å². The molecule has 2 rings (SSSR count). The fourth-order valence-electron chi connectivity index (χ4n) is 3.73. The lowest BCUT2D eigenvalue weighted by Crippen LogP contribution is -2.70. The van der Waals surface area contributed by atoms with E-state index in [1.807, 2.05) is 18.9 Å². The first-order chi connectivity index (χ1) is 10.2. The Bertz CT molecular complexity index is 531. The maximum Gasteiger partial charge on any atom is 0.352 e. The molecule has 0 spiro atoms. The number of likely N-dealkylation sites (N-methyl/N-ethyl adjacent to an activating group) is 1. The summed E-state index contributed by atoms with van der Waals surface area (Å²) in [5.74, 6) is -1.51. The van der Waals surface area contributed by atoms with Gasteiger partial charge < -0.3 is 25.7 Å². The number of aliphatic hydroxyl groups is 1. The van der Waals surface area contributed by atoms with Crippen LogP contribution in [-0.4, -0.2) is 70.7 Å². The normalized spacial score (nSPS) is 32.3. The third-order valence-corrected chi connectivity index (χ3v) is 5.16. The van der Waals surface area contributed by atoms with Crippen molar-refractivity contribution in [2.24, 2.45) is 17.1 Å². The van der Waals surface area contributed by atoms with Crippen molar-refractivity contribution in [3.8, 4) is 0 Å². The van der Waals surface area contributed by atoms with Crippen molar-refractivity contribution in [2.75, 3.05) is 26.7 Å². The van der Waals surface area contributed by atoms with Crippen molar-refractivity contribution in [1.82, 2.24) is 9.80 Å². The van der Waals surface area contributed by atoms with Crippen molar-refractivity contribution < 1.29 is 19.8 Å². The van der Waals surface area contributed by atoms with E-state index in [0.717, 1.165) is 5.57 Å². The molecule has 2 aliphatic heterocycles. The summed E-state index contributed by atoms with van der Waals surface area (Å²) >= 11 is 0. The lowest BCUT2D eigenvalue weighted by atomic mass is 9.65. The quantitative estimate of drug-likeness (QED) is 0.569. The lowest BCUT2D eigenvalue weighted by molar-refractivity contribution is -0.181. The minimum Gasteiger partial charge on any atom is -0.477 e. The van der Waals surface area contributed by atoms with Crippen molar-refractivity contribution in [3.63, 3.8) is 0 Å². The smallest absolute Gasteiger partial charge is 0.352 e. The van der Waals surface area contributed by atoms with Crippen LogP contribution in [0.15, 0.2) is 11.3 Å². The number of aliphatic hydroxyl groups excluding tert-OH is 1. The Morgan fingerprint density at radius 3 is 2.59 bits per heavy atom. The number of β-lactam (4-membered cyclic amide) rings is 1. The monoisotopic (exact) mass is 311 g/mol. The molecule has 0 aliphatic carbocycles. The molecule has 4 atom stereocenters. The number of carboxylic acids is 1. The Hall–Kier alpha value is -1.44. The molecule has 1 amide bonds. The van der Waals surface area contributed by atoms with Gasteiger partial charge in [-0.1, -0.05) is 6.92 Å². The highest BCUT2D eigenvalue weighted by Gasteiger charge is 2.67. The highest BCUT2D eigenvalue weighted by atomic mass is 16.4. The van der Waals surface area contributed by atoms with E-state index in [2.05, 4.69) is 0 Å². The van der Waals surface area contributed by atoms with Crippen LogP contribution in [0.1, 0.15) is 20.8 Å². The summed E-state index contributed by atoms with van der Waals surface area (Å²) in [4.78, 5) is 27.4. The van der Waals surface area contributed by atoms with Crippen LogP contribution >= 0.6 is 0 Å². The van der Waals surface area contributed by atoms with Crippen LogP contribution in [0.3, 0.4) is 0 Å². The van der Waals surface area contributed by atoms with Gasteiger partial charge in [0.25, 0.3) is 0 Å². The topological polar surface area (TPSA) is 107 Å². The molecule has 0 aromatic rings. The molecule has 124 valence electrons. The second-order valence-electron chi connectivity index (χ2n) is 6.57. The van der Waals surface area contributed by atoms with Crippen molar-refractivity contribution >= 4 is 11.9 Å². The predicted molar refractivity (Wildman–Crippen MR) is 80.8 cm³/mol. The maximum atomic E-state index is 12.5. The Morgan fingerprint density at radius 1 is 1.55 bits per heavy atom. The van der Waals surface area contributed by atoms with Crippen molar-refractivity contribution in [3.05, 3.63) is 11.3 Å². The number of amides is 1. The number of hydrogen-bond donors (Lipinski definition) is 3. The Balaban J connectivity index is 2.37. The van der Waals surface area contributed by atoms with Crippen molar-refractivity contribution in [1.29, 1.82) is 0 Å². The Labute approximate surface area is 130 Å². The zero-order valence-electron chi connectivity index (χ0n) is 13.5. The summed E-state index contributed by atoms with van der Waals surface area (Å²) in [5.41, 5.74) is 5.41. The van der Waals surface area contributed by atoms with Gasteiger partial charge in [0.15, 0.2) is 0 Å². The predicted octanol–water partition coefficient (Wildman–Crippen LogP) is -0.537. The number of nitrogens with two attached hydrogens (primary N) is 1. The van der Waals surface area contributed by atoms with Crippen LogP contribution in [-0.2, 0) is 9.59 Å². The molecule has 7 heteroatoms. The molecule has 7 nitrogen and oxygen atoms in total. The first-order valence-corrected chi connectivity index (χ1v) is 7.54. The summed E-state index contributed by atoms with van der Waals surface area (Å²) in [6.07, 6.45) is -0.820. The minimum atomic E-state index is -1.09. The second-order valence-corrected chi connectivity index (χ2v) is 6.57. The van der Waals surface area contributed by atoms with E-state index >= 15 is 0 Å². The van der Waals surface area contributed by atoms with Gasteiger partial charge in [0.1, 0.15) is 5.70 Å². The SMILES string of the molecule is C[C@H]1C(CN(C)CCN)=C(C(=O)O)N2C(=O)[C@](C)([C@@H](C)O)[C@@H]12. The molecule has 1 saturated heterocycles. The van der Waals surface area contributed by atoms with E-state index in [9.17, 15) is 19.8 Å². The number of rotatable bonds is 6. The lowest BCUT2D eigenvalue weighted by Gasteiger charge is -2.54. The van der Waals surface area contributed by atoms with Gasteiger partial charge >= 0.3 is 5.97 Å². The Morgan fingerprint density at radius 2 is 2.14 bits per heavy atom. The zero-order valence-corrected chi connectivity index (χ0v) is 13.5. The second kappa shape index (κ2) is 5.64. The number of aliphatic carboxylic acids is 1. The van der Waals surface area contributed by atoms with Crippen LogP contribution in [0.5, 0.6) is 0 Å². The number of hydrogen-bond acceptors (Lipinski definition) is 5. The first kappa shape index (κ1) is 16.9. The van der Waals surface area contributed by atoms with E-state index in [1.54, 1.807) is 13.8 Å². The highest BCUT2D eigenvalue weighted by molar-refractivity contribution is 6.02. The van der Waals surface area contributed by atoms with Gasteiger partial charge in [0.05, 0.1) is 17.6 Å². The summed E-state index contributed by atoms with van der Waals surface area (Å²) in [5, 5.41) is 19.5. The average Bonchev–Trinajstić information content (AvgIpc) is 2.69. The summed E-state index contributed by atoms with van der Waals surface area (Å²) in [7, 11) is 1.87. The molecule has 0 unspecified atom stereocenters. The van der Waals surface area contributed by atoms with Gasteiger partial charge in [-0.05, 0) is 26.5 Å². The van der Waals surface area contributed by atoms with E-state index in [0.29, 0.717) is 19.6 Å². The van der Waals surface area contributed by atoms with Crippen LogP contribution < -0.4 is 5.73 Å². The van der Waals surface area contributed by atoms with E-state index in [4.69, 9.17) is 5.73 Å². The van der Waals surface area contributed by atoms with E-state index in [1.165, 1.54) is 4.90 Å². The van der Waals surface area contributed by atoms with Gasteiger partial charge in [0, 0.05) is 25.6 Å². The molecule has 0 radical (unpaired) electrons. The summed E-state index contributed by atoms with van der Waals surface area (Å²) in [6.45, 7) is 6.81. The van der Waals surface area contributed by atoms with Crippen LogP contribution in [0.4, 0.5) is 0 Å². The summed E-state index contributed by atoms with van der Waals surface area (Å²) in [6, 6.07) is -0.299. The first-order valence-electron chi connectivity index (χ1n) is 7.54. The van der Waals surface area contributed by atoms with Crippen molar-refractivity contribution in [2.45, 2.75) is 32.9 Å². The number of carbonyl (C=O) groups is 2. The maximum absolute atomic E-state index is 12.5. The molecule has 4 N–H and O–H groups in total. The molecule has 0 bridgehead atoms. The molecule has 1 fully saturated rings. The van der Waals surface area contributed by atoms with Gasteiger partial charge in [0.2, 0.25) is 5.91 Å². The minimum absolute atomic E-state index is 0.0736. The third-order valence-electron chi connectivity index (χ3n) is 5.16. The van der Waals surface area contributed by atoms with Crippen LogP contribution in [0, 0.1) is 11.3 Å². The molecule has 22 heavy (non-hydrogen) atoms. The number of carboxylic acid groups (broad SMARTS) is 1. The number of fused-ring (bicyclic) bond motifs is 1. The highest BCUT2D eigenvalue weighted by Crippen LogP contribution is 2.54. The molecule has 0 saturated carbocycles. The van der Waals surface area contributed by atoms with Crippen LogP contribution in [0.25, 0.3) is 0 Å². The standard InChI is InChI=1S/C15H25N3O4/c1-8-10(7-17(4)6-5-16)11(13(20)21)18-12(8)15(3,9(2)19)14(18)22/h8-9,12,19H,5-7,16H2,1-4H3,(H,20,21)/t8-,9+,12+,15+/m0/s1. The molecule has 0 aromatic heterocycles. The number of nitrogens with zero attached hydrogens (tertiary/aromatic N) is 2. The molecule has 2 aliphatic rings. The number of carbonyl (C=O) groups excluding carboxylic acids is 1. The fourth-order valence-corrected chi connectivity index (χ4v) is 3.73. The average molecular weight is 311 g/mol. The Kier molecular flexibility index (Phi) is 4.34. The van der Waals surface area contributed by atoms with Gasteiger partial charge in [-0.25, -0.2) is 4.79 Å². The van der Waals surface area contributed by atoms with Crippen LogP contribution in [0.2, 0.25) is 0 Å². The fraction of sp³-hybridized carbons (Fsp3) is 0.733. The molecule has 0 aromatic carbocycles. The van der Waals surface area contributed by atoms with Gasteiger partial charge in [-0.15, -0.1) is 0 Å². The molecular weight excluding hydrogens is 286 g/mol. The zero-order chi connectivity index (χ0) is 16.8. The third kappa shape index (κ3) is 2.15. The molecule has 2 heterocycles. The largest absolute Gasteiger partial charge is 0.477 e.